The molecule has 1 aromatic carbocycles. The molecular formula is C20H26N2O. The molecule has 4 fully saturated rings. The number of benzene rings is 1. The topological polar surface area (TPSA) is 41.1 Å². The predicted molar refractivity (Wildman–Crippen MR) is 90.0 cm³/mol. The summed E-state index contributed by atoms with van der Waals surface area (Å²) in [6.45, 7) is 0. The molecule has 5 aliphatic rings. The SMILES string of the molecule is O=C(NC1CCc2ccccc21)NC1C2CC3CC(C2)CC1C3. The van der Waals surface area contributed by atoms with Crippen LogP contribution in [-0.4, -0.2) is 12.1 Å². The summed E-state index contributed by atoms with van der Waals surface area (Å²) in [6.07, 6.45) is 8.99. The van der Waals surface area contributed by atoms with E-state index in [9.17, 15) is 4.79 Å². The number of rotatable bonds is 2. The molecule has 1 unspecified atom stereocenters. The molecule has 1 atom stereocenters. The van der Waals surface area contributed by atoms with Crippen LogP contribution in [0.1, 0.15) is 55.7 Å². The van der Waals surface area contributed by atoms with Crippen molar-refractivity contribution >= 4 is 6.03 Å². The van der Waals surface area contributed by atoms with E-state index < -0.39 is 0 Å². The minimum absolute atomic E-state index is 0.0594. The van der Waals surface area contributed by atoms with Crippen LogP contribution in [0, 0.1) is 23.7 Å². The van der Waals surface area contributed by atoms with Crippen molar-refractivity contribution in [3.8, 4) is 0 Å². The second kappa shape index (κ2) is 5.25. The van der Waals surface area contributed by atoms with Gasteiger partial charge >= 0.3 is 6.03 Å². The van der Waals surface area contributed by atoms with Gasteiger partial charge in [0, 0.05) is 6.04 Å². The van der Waals surface area contributed by atoms with E-state index in [0.717, 1.165) is 36.5 Å². The van der Waals surface area contributed by atoms with Crippen molar-refractivity contribution in [3.05, 3.63) is 35.4 Å². The number of fused-ring (bicyclic) bond motifs is 1. The highest BCUT2D eigenvalue weighted by atomic mass is 16.2. The highest BCUT2D eigenvalue weighted by Gasteiger charge is 2.48. The predicted octanol–water partition coefficient (Wildman–Crippen LogP) is 3.80. The zero-order chi connectivity index (χ0) is 15.4. The molecule has 5 aliphatic carbocycles. The smallest absolute Gasteiger partial charge is 0.315 e. The lowest BCUT2D eigenvalue weighted by Gasteiger charge is -2.54. The summed E-state index contributed by atoms with van der Waals surface area (Å²) in [5.74, 6) is 3.40. The van der Waals surface area contributed by atoms with E-state index >= 15 is 0 Å². The molecule has 3 heteroatoms. The zero-order valence-corrected chi connectivity index (χ0v) is 13.6. The van der Waals surface area contributed by atoms with E-state index in [1.807, 2.05) is 0 Å². The summed E-state index contributed by atoms with van der Waals surface area (Å²) in [5, 5.41) is 6.61. The van der Waals surface area contributed by atoms with E-state index in [0.29, 0.717) is 6.04 Å². The molecule has 2 amide bonds. The zero-order valence-electron chi connectivity index (χ0n) is 13.6. The van der Waals surface area contributed by atoms with E-state index in [4.69, 9.17) is 0 Å². The normalized spacial score (nSPS) is 40.0. The Hall–Kier alpha value is -1.51. The fraction of sp³-hybridized carbons (Fsp3) is 0.650. The van der Waals surface area contributed by atoms with Crippen molar-refractivity contribution in [1.82, 2.24) is 10.6 Å². The first-order valence-corrected chi connectivity index (χ1v) is 9.41. The Labute approximate surface area is 138 Å². The van der Waals surface area contributed by atoms with Crippen LogP contribution in [-0.2, 0) is 6.42 Å². The van der Waals surface area contributed by atoms with Gasteiger partial charge in [-0.1, -0.05) is 24.3 Å². The van der Waals surface area contributed by atoms with Gasteiger partial charge < -0.3 is 10.6 Å². The first-order chi connectivity index (χ1) is 11.3. The van der Waals surface area contributed by atoms with Crippen molar-refractivity contribution < 1.29 is 4.79 Å². The van der Waals surface area contributed by atoms with Crippen LogP contribution in [0.5, 0.6) is 0 Å². The average Bonchev–Trinajstić information content (AvgIpc) is 2.93. The maximum absolute atomic E-state index is 12.6. The monoisotopic (exact) mass is 310 g/mol. The highest BCUT2D eigenvalue weighted by Crippen LogP contribution is 2.53. The number of nitrogens with one attached hydrogen (secondary N) is 2. The number of amides is 2. The summed E-state index contributed by atoms with van der Waals surface area (Å²) in [5.41, 5.74) is 2.71. The van der Waals surface area contributed by atoms with Crippen LogP contribution < -0.4 is 10.6 Å². The van der Waals surface area contributed by atoms with Crippen LogP contribution in [0.3, 0.4) is 0 Å². The summed E-state index contributed by atoms with van der Waals surface area (Å²) in [4.78, 5) is 12.6. The molecular weight excluding hydrogens is 284 g/mol. The standard InChI is InChI=1S/C20H26N2O/c23-20(21-18-6-5-14-3-1-2-4-17(14)18)22-19-15-8-12-7-13(10-15)11-16(19)9-12/h1-4,12-13,15-16,18-19H,5-11H2,(H2,21,22,23). The minimum Gasteiger partial charge on any atom is -0.335 e. The number of aryl methyl sites for hydroxylation is 1. The van der Waals surface area contributed by atoms with E-state index in [2.05, 4.69) is 34.9 Å². The van der Waals surface area contributed by atoms with Gasteiger partial charge in [-0.2, -0.15) is 0 Å². The van der Waals surface area contributed by atoms with Gasteiger partial charge in [0.15, 0.2) is 0 Å². The Kier molecular flexibility index (Phi) is 3.17. The molecule has 0 radical (unpaired) electrons. The van der Waals surface area contributed by atoms with Crippen molar-refractivity contribution in [2.45, 2.75) is 57.0 Å². The van der Waals surface area contributed by atoms with Crippen molar-refractivity contribution in [3.63, 3.8) is 0 Å². The first kappa shape index (κ1) is 13.9. The Balaban J connectivity index is 1.25. The molecule has 4 saturated carbocycles. The molecule has 6 rings (SSSR count). The van der Waals surface area contributed by atoms with Crippen molar-refractivity contribution in [2.75, 3.05) is 0 Å². The Bertz CT molecular complexity index is 598. The number of carbonyl (C=O) groups is 1. The van der Waals surface area contributed by atoms with Crippen LogP contribution >= 0.6 is 0 Å². The van der Waals surface area contributed by atoms with Crippen molar-refractivity contribution in [1.29, 1.82) is 0 Å². The van der Waals surface area contributed by atoms with Gasteiger partial charge in [-0.3, -0.25) is 0 Å². The summed E-state index contributed by atoms with van der Waals surface area (Å²) >= 11 is 0. The number of carbonyl (C=O) groups excluding carboxylic acids is 1. The lowest BCUT2D eigenvalue weighted by molar-refractivity contribution is -0.00952. The maximum atomic E-state index is 12.6. The molecule has 2 N–H and O–H groups in total. The third kappa shape index (κ3) is 2.36. The summed E-state index contributed by atoms with van der Waals surface area (Å²) in [6, 6.07) is 9.21. The Morgan fingerprint density at radius 3 is 2.35 bits per heavy atom. The van der Waals surface area contributed by atoms with E-state index in [-0.39, 0.29) is 12.1 Å². The fourth-order valence-corrected chi connectivity index (χ4v) is 6.22. The van der Waals surface area contributed by atoms with Gasteiger partial charge in [-0.15, -0.1) is 0 Å². The van der Waals surface area contributed by atoms with Gasteiger partial charge in [-0.05, 0) is 79.7 Å². The number of hydrogen-bond donors (Lipinski definition) is 2. The van der Waals surface area contributed by atoms with Gasteiger partial charge in [0.1, 0.15) is 0 Å². The molecule has 122 valence electrons. The van der Waals surface area contributed by atoms with Crippen LogP contribution in [0.2, 0.25) is 0 Å². The van der Waals surface area contributed by atoms with Gasteiger partial charge in [-0.25, -0.2) is 4.79 Å². The second-order valence-electron chi connectivity index (χ2n) is 8.36. The average molecular weight is 310 g/mol. The third-order valence-electron chi connectivity index (χ3n) is 6.96. The first-order valence-electron chi connectivity index (χ1n) is 9.41. The molecule has 0 spiro atoms. The lowest BCUT2D eigenvalue weighted by atomic mass is 9.54. The highest BCUT2D eigenvalue weighted by molar-refractivity contribution is 5.75. The van der Waals surface area contributed by atoms with Crippen LogP contribution in [0.15, 0.2) is 24.3 Å². The minimum atomic E-state index is 0.0594. The molecule has 1 aromatic rings. The Morgan fingerprint density at radius 1 is 0.913 bits per heavy atom. The van der Waals surface area contributed by atoms with E-state index in [1.165, 1.54) is 43.2 Å². The third-order valence-corrected chi connectivity index (χ3v) is 6.96. The Morgan fingerprint density at radius 2 is 1.61 bits per heavy atom. The quantitative estimate of drug-likeness (QED) is 0.857. The van der Waals surface area contributed by atoms with Crippen molar-refractivity contribution in [2.24, 2.45) is 23.7 Å². The number of hydrogen-bond acceptors (Lipinski definition) is 1. The fourth-order valence-electron chi connectivity index (χ4n) is 6.22. The molecule has 3 nitrogen and oxygen atoms in total. The van der Waals surface area contributed by atoms with E-state index in [1.54, 1.807) is 0 Å². The molecule has 4 bridgehead atoms. The number of urea groups is 1. The molecule has 0 aromatic heterocycles. The molecule has 0 heterocycles. The van der Waals surface area contributed by atoms with Crippen LogP contribution in [0.4, 0.5) is 4.79 Å². The maximum Gasteiger partial charge on any atom is 0.315 e. The van der Waals surface area contributed by atoms with Gasteiger partial charge in [0.2, 0.25) is 0 Å². The molecule has 0 aliphatic heterocycles. The van der Waals surface area contributed by atoms with Gasteiger partial charge in [0.05, 0.1) is 6.04 Å². The largest absolute Gasteiger partial charge is 0.335 e. The second-order valence-corrected chi connectivity index (χ2v) is 8.36. The van der Waals surface area contributed by atoms with Crippen LogP contribution in [0.25, 0.3) is 0 Å². The summed E-state index contributed by atoms with van der Waals surface area (Å²) < 4.78 is 0. The molecule has 0 saturated heterocycles. The lowest BCUT2D eigenvalue weighted by Crippen LogP contribution is -2.57. The summed E-state index contributed by atoms with van der Waals surface area (Å²) in [7, 11) is 0. The van der Waals surface area contributed by atoms with Gasteiger partial charge in [0.25, 0.3) is 0 Å². The molecule has 23 heavy (non-hydrogen) atoms.